The van der Waals surface area contributed by atoms with Crippen molar-refractivity contribution in [2.45, 2.75) is 32.8 Å². The van der Waals surface area contributed by atoms with Crippen LogP contribution in [0.4, 0.5) is 5.69 Å². The Balaban J connectivity index is 1.48. The number of nitrogens with one attached hydrogen (secondary N) is 1. The maximum Gasteiger partial charge on any atom is 0.228 e. The summed E-state index contributed by atoms with van der Waals surface area (Å²) >= 11 is 0. The van der Waals surface area contributed by atoms with Gasteiger partial charge in [-0.3, -0.25) is 9.69 Å². The lowest BCUT2D eigenvalue weighted by Crippen LogP contribution is -2.44. The number of hydrogen-bond acceptors (Lipinski definition) is 4. The third-order valence-corrected chi connectivity index (χ3v) is 5.22. The average Bonchev–Trinajstić information content (AvgIpc) is 2.68. The predicted octanol–water partition coefficient (Wildman–Crippen LogP) is 3.39. The van der Waals surface area contributed by atoms with Gasteiger partial charge in [0.2, 0.25) is 5.91 Å². The van der Waals surface area contributed by atoms with Crippen molar-refractivity contribution in [2.24, 2.45) is 5.92 Å². The van der Waals surface area contributed by atoms with Gasteiger partial charge >= 0.3 is 0 Å². The summed E-state index contributed by atoms with van der Waals surface area (Å²) in [6, 6.07) is 15.6. The summed E-state index contributed by atoms with van der Waals surface area (Å²) in [7, 11) is 0. The van der Waals surface area contributed by atoms with Crippen molar-refractivity contribution in [1.29, 1.82) is 0 Å². The molecule has 1 amide bonds. The third kappa shape index (κ3) is 5.57. The molecule has 0 radical (unpaired) electrons. The SMILES string of the molecule is Cc1cccc(C)c1OCC(O)CN1CCCC(C(=O)Nc2ccccc2)C1. The van der Waals surface area contributed by atoms with E-state index in [4.69, 9.17) is 4.74 Å². The number of piperidine rings is 1. The molecule has 150 valence electrons. The zero-order valence-electron chi connectivity index (χ0n) is 16.7. The highest BCUT2D eigenvalue weighted by molar-refractivity contribution is 5.92. The molecule has 3 rings (SSSR count). The van der Waals surface area contributed by atoms with Gasteiger partial charge in [0, 0.05) is 18.8 Å². The highest BCUT2D eigenvalue weighted by Gasteiger charge is 2.27. The van der Waals surface area contributed by atoms with Crippen LogP contribution >= 0.6 is 0 Å². The molecular weight excluding hydrogens is 352 g/mol. The largest absolute Gasteiger partial charge is 0.490 e. The first-order valence-corrected chi connectivity index (χ1v) is 9.98. The van der Waals surface area contributed by atoms with Gasteiger partial charge in [-0.25, -0.2) is 0 Å². The van der Waals surface area contributed by atoms with E-state index in [9.17, 15) is 9.90 Å². The second kappa shape index (κ2) is 9.71. The van der Waals surface area contributed by atoms with Gasteiger partial charge in [-0.1, -0.05) is 36.4 Å². The van der Waals surface area contributed by atoms with Crippen molar-refractivity contribution in [3.8, 4) is 5.75 Å². The molecule has 1 heterocycles. The normalized spacial score (nSPS) is 18.5. The molecule has 28 heavy (non-hydrogen) atoms. The fraction of sp³-hybridized carbons (Fsp3) is 0.435. The predicted molar refractivity (Wildman–Crippen MR) is 112 cm³/mol. The molecule has 2 aromatic carbocycles. The lowest BCUT2D eigenvalue weighted by molar-refractivity contribution is -0.121. The minimum Gasteiger partial charge on any atom is -0.490 e. The Morgan fingerprint density at radius 2 is 1.89 bits per heavy atom. The highest BCUT2D eigenvalue weighted by Crippen LogP contribution is 2.23. The van der Waals surface area contributed by atoms with Crippen LogP contribution in [-0.2, 0) is 4.79 Å². The molecule has 1 fully saturated rings. The van der Waals surface area contributed by atoms with Crippen LogP contribution in [0.25, 0.3) is 0 Å². The first-order valence-electron chi connectivity index (χ1n) is 9.98. The Hall–Kier alpha value is -2.37. The molecule has 2 unspecified atom stereocenters. The van der Waals surface area contributed by atoms with Crippen molar-refractivity contribution < 1.29 is 14.6 Å². The average molecular weight is 383 g/mol. The van der Waals surface area contributed by atoms with Crippen LogP contribution in [0.2, 0.25) is 0 Å². The Bertz CT molecular complexity index is 758. The first kappa shape index (κ1) is 20.4. The van der Waals surface area contributed by atoms with Crippen LogP contribution in [0, 0.1) is 19.8 Å². The summed E-state index contributed by atoms with van der Waals surface area (Å²) in [6.45, 7) is 6.35. The van der Waals surface area contributed by atoms with Gasteiger partial charge < -0.3 is 15.2 Å². The van der Waals surface area contributed by atoms with E-state index >= 15 is 0 Å². The molecule has 5 heteroatoms. The molecule has 2 atom stereocenters. The van der Waals surface area contributed by atoms with E-state index in [2.05, 4.69) is 10.2 Å². The lowest BCUT2D eigenvalue weighted by Gasteiger charge is -2.33. The minimum absolute atomic E-state index is 0.0529. The van der Waals surface area contributed by atoms with Crippen molar-refractivity contribution in [3.05, 3.63) is 59.7 Å². The smallest absolute Gasteiger partial charge is 0.228 e. The van der Waals surface area contributed by atoms with Crippen LogP contribution < -0.4 is 10.1 Å². The summed E-state index contributed by atoms with van der Waals surface area (Å²) in [5.74, 6) is 0.846. The summed E-state index contributed by atoms with van der Waals surface area (Å²) in [5, 5.41) is 13.4. The van der Waals surface area contributed by atoms with E-state index in [0.29, 0.717) is 13.1 Å². The number of rotatable bonds is 7. The van der Waals surface area contributed by atoms with E-state index in [1.165, 1.54) is 0 Å². The van der Waals surface area contributed by atoms with E-state index < -0.39 is 6.10 Å². The molecule has 0 spiro atoms. The van der Waals surface area contributed by atoms with Crippen molar-refractivity contribution in [2.75, 3.05) is 31.6 Å². The van der Waals surface area contributed by atoms with Crippen LogP contribution in [0.1, 0.15) is 24.0 Å². The Morgan fingerprint density at radius 3 is 2.61 bits per heavy atom. The fourth-order valence-corrected chi connectivity index (χ4v) is 3.76. The molecule has 0 bridgehead atoms. The van der Waals surface area contributed by atoms with Gasteiger partial charge in [0.15, 0.2) is 0 Å². The summed E-state index contributed by atoms with van der Waals surface area (Å²) < 4.78 is 5.87. The molecule has 0 aromatic heterocycles. The molecule has 0 aliphatic carbocycles. The second-order valence-electron chi connectivity index (χ2n) is 7.64. The number of carbonyl (C=O) groups is 1. The summed E-state index contributed by atoms with van der Waals surface area (Å²) in [5.41, 5.74) is 2.97. The number of aryl methyl sites for hydroxylation is 2. The number of ether oxygens (including phenoxy) is 1. The summed E-state index contributed by atoms with van der Waals surface area (Å²) in [4.78, 5) is 14.7. The third-order valence-electron chi connectivity index (χ3n) is 5.22. The maximum atomic E-state index is 12.6. The van der Waals surface area contributed by atoms with Gasteiger partial charge in [0.25, 0.3) is 0 Å². The molecular formula is C23H30N2O3. The topological polar surface area (TPSA) is 61.8 Å². The van der Waals surface area contributed by atoms with Crippen LogP contribution in [0.15, 0.2) is 48.5 Å². The van der Waals surface area contributed by atoms with Crippen LogP contribution in [-0.4, -0.2) is 48.3 Å². The summed E-state index contributed by atoms with van der Waals surface area (Å²) in [6.07, 6.45) is 1.25. The van der Waals surface area contributed by atoms with Gasteiger partial charge in [0.1, 0.15) is 18.5 Å². The van der Waals surface area contributed by atoms with Gasteiger partial charge in [-0.05, 0) is 56.5 Å². The van der Waals surface area contributed by atoms with E-state index in [-0.39, 0.29) is 18.4 Å². The molecule has 2 N–H and O–H groups in total. The number of aliphatic hydroxyl groups excluding tert-OH is 1. The zero-order chi connectivity index (χ0) is 19.9. The number of β-amino-alcohol motifs (C(OH)–C–C–N with tert-alkyl or cyclic N) is 1. The Kier molecular flexibility index (Phi) is 7.06. The molecule has 2 aromatic rings. The number of hydrogen-bond donors (Lipinski definition) is 2. The van der Waals surface area contributed by atoms with Crippen LogP contribution in [0.3, 0.4) is 0 Å². The monoisotopic (exact) mass is 382 g/mol. The van der Waals surface area contributed by atoms with Crippen LogP contribution in [0.5, 0.6) is 5.75 Å². The second-order valence-corrected chi connectivity index (χ2v) is 7.64. The zero-order valence-corrected chi connectivity index (χ0v) is 16.7. The number of nitrogens with zero attached hydrogens (tertiary/aromatic N) is 1. The fourth-order valence-electron chi connectivity index (χ4n) is 3.76. The van der Waals surface area contributed by atoms with E-state index in [1.807, 2.05) is 62.4 Å². The molecule has 1 aliphatic rings. The molecule has 0 saturated carbocycles. The van der Waals surface area contributed by atoms with Gasteiger partial charge in [0.05, 0.1) is 5.92 Å². The number of para-hydroxylation sites is 2. The van der Waals surface area contributed by atoms with E-state index in [1.54, 1.807) is 0 Å². The molecule has 1 saturated heterocycles. The van der Waals surface area contributed by atoms with Crippen molar-refractivity contribution in [3.63, 3.8) is 0 Å². The number of benzene rings is 2. The maximum absolute atomic E-state index is 12.6. The number of likely N-dealkylation sites (tertiary alicyclic amines) is 1. The van der Waals surface area contributed by atoms with Crippen molar-refractivity contribution in [1.82, 2.24) is 4.90 Å². The number of carbonyl (C=O) groups excluding carboxylic acids is 1. The first-order chi connectivity index (χ1) is 13.5. The number of aliphatic hydroxyl groups is 1. The lowest BCUT2D eigenvalue weighted by atomic mass is 9.96. The standard InChI is InChI=1S/C23H30N2O3/c1-17-8-6-9-18(2)22(17)28-16-21(26)15-25-13-7-10-19(14-25)23(27)24-20-11-4-3-5-12-20/h3-6,8-9,11-12,19,21,26H,7,10,13-16H2,1-2H3,(H,24,27). The number of anilines is 1. The minimum atomic E-state index is -0.588. The van der Waals surface area contributed by atoms with Gasteiger partial charge in [-0.2, -0.15) is 0 Å². The Labute approximate surface area is 167 Å². The number of amides is 1. The quantitative estimate of drug-likeness (QED) is 0.771. The molecule has 1 aliphatic heterocycles. The highest BCUT2D eigenvalue weighted by atomic mass is 16.5. The Morgan fingerprint density at radius 1 is 1.18 bits per heavy atom. The molecule has 5 nitrogen and oxygen atoms in total. The van der Waals surface area contributed by atoms with Gasteiger partial charge in [-0.15, -0.1) is 0 Å². The van der Waals surface area contributed by atoms with Crippen molar-refractivity contribution >= 4 is 11.6 Å². The van der Waals surface area contributed by atoms with E-state index in [0.717, 1.165) is 42.0 Å².